The van der Waals surface area contributed by atoms with Crippen LogP contribution in [-0.4, -0.2) is 37.5 Å². The van der Waals surface area contributed by atoms with Crippen molar-refractivity contribution < 1.29 is 9.84 Å². The molecule has 0 amide bonds. The molecule has 92 valence electrons. The van der Waals surface area contributed by atoms with Crippen LogP contribution < -0.4 is 5.32 Å². The number of rotatable bonds is 9. The van der Waals surface area contributed by atoms with Gasteiger partial charge in [-0.2, -0.15) is 0 Å². The fourth-order valence-corrected chi connectivity index (χ4v) is 1.80. The first-order valence-corrected chi connectivity index (χ1v) is 5.99. The predicted octanol–water partition coefficient (Wildman–Crippen LogP) is 1.80. The van der Waals surface area contributed by atoms with Crippen LogP contribution in [0.2, 0.25) is 0 Å². The molecule has 0 aromatic rings. The maximum atomic E-state index is 9.52. The average molecular weight is 217 g/mol. The molecule has 0 heterocycles. The van der Waals surface area contributed by atoms with Crippen molar-refractivity contribution in [2.45, 2.75) is 45.6 Å². The Morgan fingerprint density at radius 1 is 1.40 bits per heavy atom. The van der Waals surface area contributed by atoms with E-state index < -0.39 is 0 Å². The van der Waals surface area contributed by atoms with Gasteiger partial charge >= 0.3 is 0 Å². The zero-order chi connectivity index (χ0) is 11.7. The normalized spacial score (nSPS) is 17.4. The van der Waals surface area contributed by atoms with Crippen LogP contribution in [0.1, 0.15) is 40.0 Å². The molecule has 0 aliphatic rings. The number of aliphatic hydroxyl groups excluding tert-OH is 1. The van der Waals surface area contributed by atoms with Crippen LogP contribution in [0, 0.1) is 5.92 Å². The highest BCUT2D eigenvalue weighted by Crippen LogP contribution is 2.22. The second-order valence-electron chi connectivity index (χ2n) is 4.43. The van der Waals surface area contributed by atoms with Gasteiger partial charge in [-0.15, -0.1) is 0 Å². The van der Waals surface area contributed by atoms with Gasteiger partial charge in [0.2, 0.25) is 0 Å². The van der Waals surface area contributed by atoms with Crippen LogP contribution in [0.15, 0.2) is 0 Å². The third-order valence-electron chi connectivity index (χ3n) is 3.22. The highest BCUT2D eigenvalue weighted by Gasteiger charge is 2.27. The maximum absolute atomic E-state index is 9.52. The number of hydrogen-bond donors (Lipinski definition) is 2. The van der Waals surface area contributed by atoms with E-state index in [4.69, 9.17) is 4.74 Å². The van der Waals surface area contributed by atoms with Crippen molar-refractivity contribution in [2.24, 2.45) is 5.92 Å². The standard InChI is InChI=1S/C12H27NO2/c1-5-11(3)9-12(6-2,10-14)13-7-8-15-4/h11,13-14H,5-10H2,1-4H3. The Kier molecular flexibility index (Phi) is 8.02. The van der Waals surface area contributed by atoms with E-state index in [1.807, 2.05) is 0 Å². The van der Waals surface area contributed by atoms with Gasteiger partial charge in [0.15, 0.2) is 0 Å². The van der Waals surface area contributed by atoms with Gasteiger partial charge in [0, 0.05) is 19.2 Å². The lowest BCUT2D eigenvalue weighted by Crippen LogP contribution is -2.50. The molecule has 0 saturated heterocycles. The Morgan fingerprint density at radius 3 is 2.47 bits per heavy atom. The summed E-state index contributed by atoms with van der Waals surface area (Å²) >= 11 is 0. The minimum Gasteiger partial charge on any atom is -0.394 e. The van der Waals surface area contributed by atoms with Crippen LogP contribution in [-0.2, 0) is 4.74 Å². The minimum absolute atomic E-state index is 0.117. The molecular weight excluding hydrogens is 190 g/mol. The molecule has 0 spiro atoms. The lowest BCUT2D eigenvalue weighted by Gasteiger charge is -2.34. The quantitative estimate of drug-likeness (QED) is 0.579. The Morgan fingerprint density at radius 2 is 2.07 bits per heavy atom. The second-order valence-corrected chi connectivity index (χ2v) is 4.43. The molecule has 3 heteroatoms. The molecule has 0 bridgehead atoms. The molecule has 0 saturated carbocycles. The van der Waals surface area contributed by atoms with Crippen LogP contribution >= 0.6 is 0 Å². The van der Waals surface area contributed by atoms with Crippen molar-refractivity contribution >= 4 is 0 Å². The maximum Gasteiger partial charge on any atom is 0.0613 e. The Balaban J connectivity index is 4.16. The van der Waals surface area contributed by atoms with E-state index in [-0.39, 0.29) is 12.1 Å². The number of hydrogen-bond acceptors (Lipinski definition) is 3. The van der Waals surface area contributed by atoms with E-state index in [1.165, 1.54) is 0 Å². The van der Waals surface area contributed by atoms with E-state index in [0.717, 1.165) is 25.8 Å². The van der Waals surface area contributed by atoms with E-state index >= 15 is 0 Å². The summed E-state index contributed by atoms with van der Waals surface area (Å²) in [7, 11) is 1.70. The van der Waals surface area contributed by atoms with Crippen molar-refractivity contribution in [3.8, 4) is 0 Å². The van der Waals surface area contributed by atoms with Crippen molar-refractivity contribution in [3.05, 3.63) is 0 Å². The summed E-state index contributed by atoms with van der Waals surface area (Å²) in [6, 6.07) is 0. The molecule has 0 radical (unpaired) electrons. The van der Waals surface area contributed by atoms with Crippen molar-refractivity contribution in [3.63, 3.8) is 0 Å². The van der Waals surface area contributed by atoms with Crippen LogP contribution in [0.25, 0.3) is 0 Å². The van der Waals surface area contributed by atoms with Crippen LogP contribution in [0.5, 0.6) is 0 Å². The SMILES string of the molecule is CCC(C)CC(CC)(CO)NCCOC. The van der Waals surface area contributed by atoms with Gasteiger partial charge in [-0.1, -0.05) is 27.2 Å². The second kappa shape index (κ2) is 8.08. The zero-order valence-corrected chi connectivity index (χ0v) is 10.7. The summed E-state index contributed by atoms with van der Waals surface area (Å²) in [5.74, 6) is 0.646. The van der Waals surface area contributed by atoms with Gasteiger partial charge in [0.1, 0.15) is 0 Å². The summed E-state index contributed by atoms with van der Waals surface area (Å²) in [4.78, 5) is 0. The molecule has 15 heavy (non-hydrogen) atoms. The Bertz CT molecular complexity index is 147. The molecule has 2 unspecified atom stereocenters. The fraction of sp³-hybridized carbons (Fsp3) is 1.00. The minimum atomic E-state index is -0.117. The molecule has 2 atom stereocenters. The van der Waals surface area contributed by atoms with Gasteiger partial charge in [-0.3, -0.25) is 0 Å². The topological polar surface area (TPSA) is 41.5 Å². The summed E-state index contributed by atoms with van der Waals surface area (Å²) in [6.07, 6.45) is 3.14. The van der Waals surface area contributed by atoms with E-state index in [2.05, 4.69) is 26.1 Å². The first-order chi connectivity index (χ1) is 7.14. The Labute approximate surface area is 94.2 Å². The molecule has 0 aliphatic heterocycles. The highest BCUT2D eigenvalue weighted by atomic mass is 16.5. The summed E-state index contributed by atoms with van der Waals surface area (Å²) < 4.78 is 5.01. The number of methoxy groups -OCH3 is 1. The van der Waals surface area contributed by atoms with Crippen LogP contribution in [0.4, 0.5) is 0 Å². The van der Waals surface area contributed by atoms with E-state index in [9.17, 15) is 5.11 Å². The number of aliphatic hydroxyl groups is 1. The van der Waals surface area contributed by atoms with Crippen molar-refractivity contribution in [1.29, 1.82) is 0 Å². The largest absolute Gasteiger partial charge is 0.394 e. The van der Waals surface area contributed by atoms with Gasteiger partial charge in [-0.25, -0.2) is 0 Å². The molecule has 0 fully saturated rings. The van der Waals surface area contributed by atoms with Crippen molar-refractivity contribution in [1.82, 2.24) is 5.32 Å². The summed E-state index contributed by atoms with van der Waals surface area (Å²) in [5, 5.41) is 12.9. The zero-order valence-electron chi connectivity index (χ0n) is 10.7. The van der Waals surface area contributed by atoms with Crippen molar-refractivity contribution in [2.75, 3.05) is 26.9 Å². The summed E-state index contributed by atoms with van der Waals surface area (Å²) in [6.45, 7) is 8.26. The molecule has 0 aliphatic carbocycles. The van der Waals surface area contributed by atoms with E-state index in [0.29, 0.717) is 12.5 Å². The molecular formula is C12H27NO2. The monoisotopic (exact) mass is 217 g/mol. The van der Waals surface area contributed by atoms with Gasteiger partial charge in [0.05, 0.1) is 13.2 Å². The predicted molar refractivity (Wildman–Crippen MR) is 64.1 cm³/mol. The number of nitrogens with one attached hydrogen (secondary N) is 1. The van der Waals surface area contributed by atoms with Gasteiger partial charge in [-0.05, 0) is 18.8 Å². The van der Waals surface area contributed by atoms with E-state index in [1.54, 1.807) is 7.11 Å². The smallest absolute Gasteiger partial charge is 0.0613 e. The first-order valence-electron chi connectivity index (χ1n) is 5.99. The Hall–Kier alpha value is -0.120. The van der Waals surface area contributed by atoms with Gasteiger partial charge < -0.3 is 15.2 Å². The third-order valence-corrected chi connectivity index (χ3v) is 3.22. The first kappa shape index (κ1) is 14.9. The lowest BCUT2D eigenvalue weighted by molar-refractivity contribution is 0.115. The summed E-state index contributed by atoms with van der Waals surface area (Å²) in [5.41, 5.74) is -0.117. The molecule has 0 aromatic heterocycles. The van der Waals surface area contributed by atoms with Crippen LogP contribution in [0.3, 0.4) is 0 Å². The number of ether oxygens (including phenoxy) is 1. The third kappa shape index (κ3) is 5.50. The molecule has 0 aromatic carbocycles. The molecule has 2 N–H and O–H groups in total. The average Bonchev–Trinajstić information content (AvgIpc) is 2.27. The van der Waals surface area contributed by atoms with Gasteiger partial charge in [0.25, 0.3) is 0 Å². The molecule has 0 rings (SSSR count). The highest BCUT2D eigenvalue weighted by molar-refractivity contribution is 4.87. The lowest BCUT2D eigenvalue weighted by atomic mass is 9.85. The fourth-order valence-electron chi connectivity index (χ4n) is 1.80. The molecule has 3 nitrogen and oxygen atoms in total.